The molecule has 0 bridgehead atoms. The molecule has 0 saturated carbocycles. The van der Waals surface area contributed by atoms with E-state index in [-0.39, 0.29) is 18.0 Å². The lowest BCUT2D eigenvalue weighted by Crippen LogP contribution is -2.50. The average molecular weight is 305 g/mol. The number of likely N-dealkylation sites (N-methyl/N-ethyl adjacent to an activating group) is 1. The molecule has 0 N–H and O–H groups in total. The predicted molar refractivity (Wildman–Crippen MR) is 75.7 cm³/mol. The zero-order chi connectivity index (χ0) is 15.7. The summed E-state index contributed by atoms with van der Waals surface area (Å²) in [4.78, 5) is 24.8. The van der Waals surface area contributed by atoms with Crippen LogP contribution in [0.3, 0.4) is 0 Å². The van der Waals surface area contributed by atoms with Gasteiger partial charge in [0.2, 0.25) is 11.8 Å². The van der Waals surface area contributed by atoms with Gasteiger partial charge in [0.1, 0.15) is 24.7 Å². The Morgan fingerprint density at radius 1 is 1.45 bits per heavy atom. The van der Waals surface area contributed by atoms with Crippen LogP contribution < -0.4 is 0 Å². The Bertz CT molecular complexity index is 639. The molecule has 0 spiro atoms. The largest absolute Gasteiger partial charge is 0.338 e. The van der Waals surface area contributed by atoms with Crippen molar-refractivity contribution in [1.82, 2.24) is 34.7 Å². The molecule has 2 atom stereocenters. The van der Waals surface area contributed by atoms with Crippen molar-refractivity contribution in [3.63, 3.8) is 0 Å². The number of nitrogens with zero attached hydrogens (tertiary/aromatic N) is 7. The van der Waals surface area contributed by atoms with Crippen LogP contribution in [0.25, 0.3) is 0 Å². The van der Waals surface area contributed by atoms with Crippen LogP contribution in [0.1, 0.15) is 30.7 Å². The minimum atomic E-state index is -0.379. The lowest BCUT2D eigenvalue weighted by Gasteiger charge is -2.38. The van der Waals surface area contributed by atoms with Crippen molar-refractivity contribution in [2.45, 2.75) is 25.9 Å². The van der Waals surface area contributed by atoms with Gasteiger partial charge < -0.3 is 9.42 Å². The molecule has 2 aromatic heterocycles. The Hall–Kier alpha value is -2.29. The number of piperazine rings is 1. The highest BCUT2D eigenvalue weighted by atomic mass is 16.5. The van der Waals surface area contributed by atoms with Gasteiger partial charge in [0, 0.05) is 19.6 Å². The molecule has 1 aliphatic heterocycles. The maximum absolute atomic E-state index is 12.6. The van der Waals surface area contributed by atoms with E-state index in [0.717, 1.165) is 6.54 Å². The molecule has 118 valence electrons. The van der Waals surface area contributed by atoms with Crippen LogP contribution in [-0.2, 0) is 4.79 Å². The van der Waals surface area contributed by atoms with Gasteiger partial charge in [-0.3, -0.25) is 9.69 Å². The number of hydrogen-bond acceptors (Lipinski definition) is 7. The Morgan fingerprint density at radius 2 is 2.27 bits per heavy atom. The second-order valence-corrected chi connectivity index (χ2v) is 5.51. The van der Waals surface area contributed by atoms with Crippen LogP contribution in [-0.4, -0.2) is 67.3 Å². The van der Waals surface area contributed by atoms with Crippen molar-refractivity contribution in [1.29, 1.82) is 0 Å². The minimum absolute atomic E-state index is 0.0137. The van der Waals surface area contributed by atoms with Gasteiger partial charge in [0.25, 0.3) is 0 Å². The number of aryl methyl sites for hydroxylation is 1. The smallest absolute Gasteiger partial charge is 0.247 e. The highest BCUT2D eigenvalue weighted by Crippen LogP contribution is 2.24. The van der Waals surface area contributed by atoms with Crippen LogP contribution in [0, 0.1) is 6.92 Å². The van der Waals surface area contributed by atoms with Crippen LogP contribution in [0.15, 0.2) is 17.2 Å². The van der Waals surface area contributed by atoms with Crippen molar-refractivity contribution < 1.29 is 9.32 Å². The zero-order valence-corrected chi connectivity index (χ0v) is 12.9. The summed E-state index contributed by atoms with van der Waals surface area (Å²) in [5.41, 5.74) is 0. The van der Waals surface area contributed by atoms with Gasteiger partial charge in [-0.05, 0) is 20.9 Å². The number of amides is 1. The molecule has 9 heteroatoms. The fourth-order valence-corrected chi connectivity index (χ4v) is 2.58. The average Bonchev–Trinajstić information content (AvgIpc) is 3.18. The third kappa shape index (κ3) is 2.71. The van der Waals surface area contributed by atoms with Gasteiger partial charge in [-0.2, -0.15) is 10.1 Å². The highest BCUT2D eigenvalue weighted by molar-refractivity contribution is 5.80. The lowest BCUT2D eigenvalue weighted by molar-refractivity contribution is -0.137. The third-order valence-corrected chi connectivity index (χ3v) is 3.98. The van der Waals surface area contributed by atoms with E-state index in [1.54, 1.807) is 17.9 Å². The predicted octanol–water partition coefficient (Wildman–Crippen LogP) is 0.0458. The summed E-state index contributed by atoms with van der Waals surface area (Å²) >= 11 is 0. The summed E-state index contributed by atoms with van der Waals surface area (Å²) in [5.74, 6) is 1.16. The Kier molecular flexibility index (Phi) is 3.88. The molecule has 2 aromatic rings. The maximum atomic E-state index is 12.6. The van der Waals surface area contributed by atoms with Gasteiger partial charge in [-0.15, -0.1) is 0 Å². The molecule has 0 aliphatic carbocycles. The molecule has 0 aromatic carbocycles. The number of rotatable bonds is 3. The van der Waals surface area contributed by atoms with Gasteiger partial charge in [-0.25, -0.2) is 9.67 Å². The second-order valence-electron chi connectivity index (χ2n) is 5.51. The molecular weight excluding hydrogens is 286 g/mol. The quantitative estimate of drug-likeness (QED) is 0.790. The Labute approximate surface area is 127 Å². The fraction of sp³-hybridized carbons (Fsp3) is 0.615. The molecule has 3 rings (SSSR count). The first-order chi connectivity index (χ1) is 10.6. The molecular formula is C13H19N7O2. The van der Waals surface area contributed by atoms with E-state index in [1.807, 2.05) is 18.9 Å². The fourth-order valence-electron chi connectivity index (χ4n) is 2.58. The van der Waals surface area contributed by atoms with E-state index in [0.29, 0.717) is 24.8 Å². The topological polar surface area (TPSA) is 93.2 Å². The van der Waals surface area contributed by atoms with Gasteiger partial charge in [0.15, 0.2) is 5.82 Å². The summed E-state index contributed by atoms with van der Waals surface area (Å²) < 4.78 is 6.83. The molecule has 1 fully saturated rings. The summed E-state index contributed by atoms with van der Waals surface area (Å²) in [6.07, 6.45) is 2.98. The standard InChI is InChI=1S/C13H19N7O2/c1-9(20-8-14-7-15-20)13(21)19-5-4-18(3)11(6-19)12-16-10(2)17-22-12/h7-9,11H,4-6H2,1-3H3. The summed E-state index contributed by atoms with van der Waals surface area (Å²) in [7, 11) is 1.99. The van der Waals surface area contributed by atoms with Gasteiger partial charge in [0.05, 0.1) is 0 Å². The minimum Gasteiger partial charge on any atom is -0.338 e. The molecule has 1 amide bonds. The highest BCUT2D eigenvalue weighted by Gasteiger charge is 2.34. The van der Waals surface area contributed by atoms with E-state index >= 15 is 0 Å². The first-order valence-corrected chi connectivity index (χ1v) is 7.19. The molecule has 1 saturated heterocycles. The van der Waals surface area contributed by atoms with Crippen molar-refractivity contribution in [3.8, 4) is 0 Å². The third-order valence-electron chi connectivity index (χ3n) is 3.98. The molecule has 22 heavy (non-hydrogen) atoms. The van der Waals surface area contributed by atoms with Crippen molar-refractivity contribution in [2.75, 3.05) is 26.7 Å². The van der Waals surface area contributed by atoms with E-state index in [4.69, 9.17) is 4.52 Å². The van der Waals surface area contributed by atoms with Gasteiger partial charge >= 0.3 is 0 Å². The second kappa shape index (κ2) is 5.84. The summed E-state index contributed by atoms with van der Waals surface area (Å²) in [6, 6.07) is -0.460. The van der Waals surface area contributed by atoms with Crippen LogP contribution in [0.2, 0.25) is 0 Å². The summed E-state index contributed by atoms with van der Waals surface area (Å²) in [5, 5.41) is 7.87. The van der Waals surface area contributed by atoms with Crippen molar-refractivity contribution in [3.05, 3.63) is 24.4 Å². The Balaban J connectivity index is 1.74. The number of carbonyl (C=O) groups excluding carboxylic acids is 1. The normalized spacial score (nSPS) is 21.0. The van der Waals surface area contributed by atoms with E-state index in [9.17, 15) is 4.79 Å². The van der Waals surface area contributed by atoms with E-state index in [2.05, 4.69) is 25.1 Å². The van der Waals surface area contributed by atoms with Crippen LogP contribution >= 0.6 is 0 Å². The maximum Gasteiger partial charge on any atom is 0.247 e. The molecule has 9 nitrogen and oxygen atoms in total. The molecule has 0 radical (unpaired) electrons. The van der Waals surface area contributed by atoms with Crippen molar-refractivity contribution >= 4 is 5.91 Å². The van der Waals surface area contributed by atoms with Crippen molar-refractivity contribution in [2.24, 2.45) is 0 Å². The SMILES string of the molecule is Cc1noc(C2CN(C(=O)C(C)n3cncn3)CCN2C)n1. The number of hydrogen-bond donors (Lipinski definition) is 0. The lowest BCUT2D eigenvalue weighted by atomic mass is 10.1. The Morgan fingerprint density at radius 3 is 2.91 bits per heavy atom. The molecule has 3 heterocycles. The number of carbonyl (C=O) groups is 1. The summed E-state index contributed by atoms with van der Waals surface area (Å²) in [6.45, 7) is 5.54. The molecule has 1 aliphatic rings. The molecule has 2 unspecified atom stereocenters. The monoisotopic (exact) mass is 305 g/mol. The van der Waals surface area contributed by atoms with E-state index < -0.39 is 0 Å². The first kappa shape index (κ1) is 14.6. The van der Waals surface area contributed by atoms with Gasteiger partial charge in [-0.1, -0.05) is 5.16 Å². The zero-order valence-electron chi connectivity index (χ0n) is 12.9. The van der Waals surface area contributed by atoms with Crippen LogP contribution in [0.5, 0.6) is 0 Å². The van der Waals surface area contributed by atoms with E-state index in [1.165, 1.54) is 6.33 Å². The first-order valence-electron chi connectivity index (χ1n) is 7.19. The number of aromatic nitrogens is 5. The van der Waals surface area contributed by atoms with Crippen LogP contribution in [0.4, 0.5) is 0 Å².